The second-order valence-corrected chi connectivity index (χ2v) is 8.22. The highest BCUT2D eigenvalue weighted by molar-refractivity contribution is 6.29. The maximum Gasteiger partial charge on any atom is 0.227 e. The molecule has 2 aromatic heterocycles. The van der Waals surface area contributed by atoms with Gasteiger partial charge in [0.1, 0.15) is 11.0 Å². The summed E-state index contributed by atoms with van der Waals surface area (Å²) in [6.07, 6.45) is 5.00. The molecule has 156 valence electrons. The molecule has 1 fully saturated rings. The van der Waals surface area contributed by atoms with Crippen molar-refractivity contribution in [2.75, 3.05) is 29.6 Å². The third kappa shape index (κ3) is 4.62. The number of fused-ring (bicyclic) bond motifs is 1. The van der Waals surface area contributed by atoms with E-state index in [-0.39, 0.29) is 17.9 Å². The fraction of sp³-hybridized carbons (Fsp3) is 0.364. The Bertz CT molecular complexity index is 1030. The highest BCUT2D eigenvalue weighted by Gasteiger charge is 2.27. The predicted molar refractivity (Wildman–Crippen MR) is 121 cm³/mol. The molecule has 0 bridgehead atoms. The number of benzene rings is 1. The van der Waals surface area contributed by atoms with E-state index in [1.54, 1.807) is 18.3 Å². The van der Waals surface area contributed by atoms with E-state index in [2.05, 4.69) is 20.6 Å². The number of amides is 1. The van der Waals surface area contributed by atoms with Gasteiger partial charge in [-0.05, 0) is 49.9 Å². The summed E-state index contributed by atoms with van der Waals surface area (Å²) in [7, 11) is 3.97. The van der Waals surface area contributed by atoms with Gasteiger partial charge >= 0.3 is 0 Å². The zero-order valence-corrected chi connectivity index (χ0v) is 17.9. The number of anilines is 3. The Hall–Kier alpha value is -2.93. The van der Waals surface area contributed by atoms with Gasteiger partial charge in [0.25, 0.3) is 0 Å². The summed E-state index contributed by atoms with van der Waals surface area (Å²) < 4.78 is 0. The highest BCUT2D eigenvalue weighted by atomic mass is 35.5. The summed E-state index contributed by atoms with van der Waals surface area (Å²) in [5, 5.41) is 7.85. The van der Waals surface area contributed by atoms with E-state index < -0.39 is 0 Å². The number of carbonyl (C=O) groups excluding carboxylic acids is 1. The first-order valence-corrected chi connectivity index (χ1v) is 10.5. The monoisotopic (exact) mass is 424 g/mol. The van der Waals surface area contributed by atoms with Gasteiger partial charge in [0.2, 0.25) is 11.9 Å². The molecule has 0 aliphatic heterocycles. The lowest BCUT2D eigenvalue weighted by atomic mass is 9.85. The van der Waals surface area contributed by atoms with Gasteiger partial charge in [0.05, 0.1) is 17.4 Å². The molecule has 4 rings (SSSR count). The van der Waals surface area contributed by atoms with Crippen molar-refractivity contribution in [3.8, 4) is 0 Å². The number of nitrogens with zero attached hydrogens (tertiary/aromatic N) is 4. The Morgan fingerprint density at radius 1 is 1.07 bits per heavy atom. The van der Waals surface area contributed by atoms with Gasteiger partial charge in [-0.15, -0.1) is 0 Å². The van der Waals surface area contributed by atoms with E-state index >= 15 is 0 Å². The molecule has 30 heavy (non-hydrogen) atoms. The first-order valence-electron chi connectivity index (χ1n) is 10.1. The standard InChI is InChI=1S/C22H25ClN6O/c1-29(2)20-17-5-3-4-6-18(17)27-22(28-20)26-15-9-7-14(8-10-15)21(30)25-16-11-12-19(23)24-13-16/h3-6,11-15H,7-10H2,1-2H3,(H,25,30)(H,26,27,28). The van der Waals surface area contributed by atoms with Gasteiger partial charge in [0.15, 0.2) is 0 Å². The maximum atomic E-state index is 12.6. The highest BCUT2D eigenvalue weighted by Crippen LogP contribution is 2.29. The molecule has 2 heterocycles. The van der Waals surface area contributed by atoms with Gasteiger partial charge in [-0.25, -0.2) is 9.97 Å². The van der Waals surface area contributed by atoms with Gasteiger partial charge in [0, 0.05) is 31.4 Å². The zero-order chi connectivity index (χ0) is 21.1. The molecule has 0 radical (unpaired) electrons. The lowest BCUT2D eigenvalue weighted by Gasteiger charge is -2.28. The van der Waals surface area contributed by atoms with Gasteiger partial charge in [-0.1, -0.05) is 23.7 Å². The van der Waals surface area contributed by atoms with Crippen LogP contribution in [-0.4, -0.2) is 41.0 Å². The number of rotatable bonds is 5. The van der Waals surface area contributed by atoms with E-state index in [0.717, 1.165) is 42.4 Å². The second-order valence-electron chi connectivity index (χ2n) is 7.83. The summed E-state index contributed by atoms with van der Waals surface area (Å²) in [6, 6.07) is 11.7. The predicted octanol–water partition coefficient (Wildman–Crippen LogP) is 4.35. The molecular weight excluding hydrogens is 400 g/mol. The molecular formula is C22H25ClN6O. The SMILES string of the molecule is CN(C)c1nc(NC2CCC(C(=O)Nc3ccc(Cl)nc3)CC2)nc2ccccc12. The second kappa shape index (κ2) is 8.83. The zero-order valence-electron chi connectivity index (χ0n) is 17.1. The number of pyridine rings is 1. The Balaban J connectivity index is 1.38. The maximum absolute atomic E-state index is 12.6. The minimum Gasteiger partial charge on any atom is -0.362 e. The van der Waals surface area contributed by atoms with Crippen molar-refractivity contribution in [1.82, 2.24) is 15.0 Å². The van der Waals surface area contributed by atoms with Crippen LogP contribution >= 0.6 is 11.6 Å². The van der Waals surface area contributed by atoms with E-state index in [0.29, 0.717) is 16.8 Å². The molecule has 0 saturated heterocycles. The van der Waals surface area contributed by atoms with Crippen LogP contribution in [0.2, 0.25) is 5.15 Å². The Labute approximate surface area is 180 Å². The fourth-order valence-corrected chi connectivity index (χ4v) is 3.95. The fourth-order valence-electron chi connectivity index (χ4n) is 3.84. The topological polar surface area (TPSA) is 83.0 Å². The third-order valence-corrected chi connectivity index (χ3v) is 5.66. The van der Waals surface area contributed by atoms with E-state index in [4.69, 9.17) is 16.6 Å². The Morgan fingerprint density at radius 2 is 1.83 bits per heavy atom. The Morgan fingerprint density at radius 3 is 2.53 bits per heavy atom. The lowest BCUT2D eigenvalue weighted by Crippen LogP contribution is -2.32. The largest absolute Gasteiger partial charge is 0.362 e. The number of carbonyl (C=O) groups is 1. The van der Waals surface area contributed by atoms with Gasteiger partial charge in [-0.2, -0.15) is 4.98 Å². The molecule has 3 aromatic rings. The van der Waals surface area contributed by atoms with Crippen molar-refractivity contribution in [2.45, 2.75) is 31.7 Å². The van der Waals surface area contributed by atoms with Crippen LogP contribution in [0.15, 0.2) is 42.6 Å². The van der Waals surface area contributed by atoms with Crippen LogP contribution in [0.1, 0.15) is 25.7 Å². The summed E-state index contributed by atoms with van der Waals surface area (Å²) in [5.41, 5.74) is 1.59. The van der Waals surface area contributed by atoms with Crippen molar-refractivity contribution >= 4 is 45.9 Å². The molecule has 1 amide bonds. The van der Waals surface area contributed by atoms with Crippen molar-refractivity contribution < 1.29 is 4.79 Å². The molecule has 0 atom stereocenters. The molecule has 1 aliphatic rings. The van der Waals surface area contributed by atoms with Gasteiger partial charge < -0.3 is 15.5 Å². The molecule has 1 aliphatic carbocycles. The number of aromatic nitrogens is 3. The van der Waals surface area contributed by atoms with Crippen LogP contribution in [-0.2, 0) is 4.79 Å². The summed E-state index contributed by atoms with van der Waals surface area (Å²) in [5.74, 6) is 1.56. The molecule has 8 heteroatoms. The van der Waals surface area contributed by atoms with Crippen molar-refractivity contribution in [3.63, 3.8) is 0 Å². The van der Waals surface area contributed by atoms with E-state index in [1.165, 1.54) is 0 Å². The van der Waals surface area contributed by atoms with Crippen LogP contribution < -0.4 is 15.5 Å². The minimum absolute atomic E-state index is 0.00594. The minimum atomic E-state index is -0.00594. The number of nitrogens with one attached hydrogen (secondary N) is 2. The van der Waals surface area contributed by atoms with Gasteiger partial charge in [-0.3, -0.25) is 4.79 Å². The average Bonchev–Trinajstić information content (AvgIpc) is 2.75. The third-order valence-electron chi connectivity index (χ3n) is 5.43. The van der Waals surface area contributed by atoms with Crippen LogP contribution in [0.5, 0.6) is 0 Å². The van der Waals surface area contributed by atoms with E-state index in [1.807, 2.05) is 43.3 Å². The quantitative estimate of drug-likeness (QED) is 0.592. The molecule has 0 spiro atoms. The average molecular weight is 425 g/mol. The van der Waals surface area contributed by atoms with E-state index in [9.17, 15) is 4.79 Å². The molecule has 1 saturated carbocycles. The smallest absolute Gasteiger partial charge is 0.227 e. The van der Waals surface area contributed by atoms with Crippen LogP contribution in [0.3, 0.4) is 0 Å². The Kier molecular flexibility index (Phi) is 5.99. The molecule has 2 N–H and O–H groups in total. The molecule has 0 unspecified atom stereocenters. The first-order chi connectivity index (χ1) is 14.5. The van der Waals surface area contributed by atoms with Crippen LogP contribution in [0, 0.1) is 5.92 Å². The number of hydrogen-bond acceptors (Lipinski definition) is 6. The van der Waals surface area contributed by atoms with Crippen LogP contribution in [0.25, 0.3) is 10.9 Å². The first kappa shape index (κ1) is 20.3. The summed E-state index contributed by atoms with van der Waals surface area (Å²) >= 11 is 5.79. The van der Waals surface area contributed by atoms with Crippen molar-refractivity contribution in [2.24, 2.45) is 5.92 Å². The molecule has 1 aromatic carbocycles. The number of para-hydroxylation sites is 1. The summed E-state index contributed by atoms with van der Waals surface area (Å²) in [6.45, 7) is 0. The van der Waals surface area contributed by atoms with Crippen molar-refractivity contribution in [3.05, 3.63) is 47.7 Å². The number of halogens is 1. The summed E-state index contributed by atoms with van der Waals surface area (Å²) in [4.78, 5) is 28.0. The lowest BCUT2D eigenvalue weighted by molar-refractivity contribution is -0.120. The number of hydrogen-bond donors (Lipinski definition) is 2. The van der Waals surface area contributed by atoms with Crippen molar-refractivity contribution in [1.29, 1.82) is 0 Å². The molecule has 7 nitrogen and oxygen atoms in total. The normalized spacial score (nSPS) is 18.8. The van der Waals surface area contributed by atoms with Crippen LogP contribution in [0.4, 0.5) is 17.5 Å².